The van der Waals surface area contributed by atoms with Crippen LogP contribution in [0.1, 0.15) is 16.8 Å². The molecular formula is C19H20N6O. The van der Waals surface area contributed by atoms with E-state index in [0.29, 0.717) is 18.0 Å². The second-order valence-electron chi connectivity index (χ2n) is 6.30. The zero-order valence-electron chi connectivity index (χ0n) is 14.4. The van der Waals surface area contributed by atoms with Crippen LogP contribution in [0.3, 0.4) is 0 Å². The van der Waals surface area contributed by atoms with E-state index < -0.39 is 0 Å². The Kier molecular flexibility index (Phi) is 4.35. The maximum absolute atomic E-state index is 12.7. The third-order valence-corrected chi connectivity index (χ3v) is 4.60. The molecule has 1 aliphatic heterocycles. The maximum Gasteiger partial charge on any atom is 0.253 e. The number of pyridine rings is 1. The van der Waals surface area contributed by atoms with Gasteiger partial charge in [0.15, 0.2) is 5.65 Å². The van der Waals surface area contributed by atoms with Gasteiger partial charge in [-0.3, -0.25) is 4.79 Å². The van der Waals surface area contributed by atoms with E-state index in [0.717, 1.165) is 42.8 Å². The van der Waals surface area contributed by atoms with Gasteiger partial charge in [0.2, 0.25) is 0 Å². The number of rotatable bonds is 2. The summed E-state index contributed by atoms with van der Waals surface area (Å²) in [4.78, 5) is 29.8. The number of nitrogens with zero attached hydrogens (tertiary/aromatic N) is 5. The molecule has 0 unspecified atom stereocenters. The van der Waals surface area contributed by atoms with Gasteiger partial charge in [-0.2, -0.15) is 0 Å². The van der Waals surface area contributed by atoms with Gasteiger partial charge in [-0.15, -0.1) is 0 Å². The van der Waals surface area contributed by atoms with Gasteiger partial charge in [0, 0.05) is 31.7 Å². The lowest BCUT2D eigenvalue weighted by Crippen LogP contribution is -2.35. The van der Waals surface area contributed by atoms with Gasteiger partial charge in [0.25, 0.3) is 5.91 Å². The standard InChI is InChI=1S/C19H20N6O/c20-16-8-7-15-17(23-16)21-13-22-18(15)24-9-4-10-25(12-11-24)19(26)14-5-2-1-3-6-14/h1-3,5-8,13H,4,9-12H2,(H2,20,21,22,23). The Labute approximate surface area is 151 Å². The number of aromatic nitrogens is 3. The van der Waals surface area contributed by atoms with E-state index in [-0.39, 0.29) is 5.91 Å². The van der Waals surface area contributed by atoms with Gasteiger partial charge in [-0.25, -0.2) is 15.0 Å². The molecule has 26 heavy (non-hydrogen) atoms. The van der Waals surface area contributed by atoms with Crippen LogP contribution in [-0.2, 0) is 0 Å². The lowest BCUT2D eigenvalue weighted by Gasteiger charge is -2.23. The molecule has 0 bridgehead atoms. The first kappa shape index (κ1) is 16.3. The Bertz CT molecular complexity index is 930. The number of anilines is 2. The molecule has 7 nitrogen and oxygen atoms in total. The number of carbonyl (C=O) groups is 1. The van der Waals surface area contributed by atoms with Crippen molar-refractivity contribution in [2.45, 2.75) is 6.42 Å². The Hall–Kier alpha value is -3.22. The van der Waals surface area contributed by atoms with Crippen LogP contribution in [0.15, 0.2) is 48.8 Å². The number of nitrogen functional groups attached to an aromatic ring is 1. The van der Waals surface area contributed by atoms with E-state index in [1.54, 1.807) is 6.07 Å². The van der Waals surface area contributed by atoms with Crippen molar-refractivity contribution < 1.29 is 4.79 Å². The fourth-order valence-electron chi connectivity index (χ4n) is 3.29. The van der Waals surface area contributed by atoms with Crippen molar-refractivity contribution in [1.82, 2.24) is 19.9 Å². The van der Waals surface area contributed by atoms with Crippen LogP contribution >= 0.6 is 0 Å². The van der Waals surface area contributed by atoms with E-state index >= 15 is 0 Å². The van der Waals surface area contributed by atoms with E-state index in [1.807, 2.05) is 41.3 Å². The number of amides is 1. The fourth-order valence-corrected chi connectivity index (χ4v) is 3.29. The van der Waals surface area contributed by atoms with E-state index in [4.69, 9.17) is 5.73 Å². The third-order valence-electron chi connectivity index (χ3n) is 4.60. The van der Waals surface area contributed by atoms with E-state index in [2.05, 4.69) is 19.9 Å². The minimum atomic E-state index is 0.0782. The molecule has 2 aromatic heterocycles. The molecular weight excluding hydrogens is 328 g/mol. The molecule has 4 rings (SSSR count). The molecule has 3 aromatic rings. The lowest BCUT2D eigenvalue weighted by atomic mass is 10.2. The zero-order valence-corrected chi connectivity index (χ0v) is 14.4. The number of fused-ring (bicyclic) bond motifs is 1. The molecule has 1 aliphatic rings. The van der Waals surface area contributed by atoms with Gasteiger partial charge >= 0.3 is 0 Å². The molecule has 1 amide bonds. The first-order valence-corrected chi connectivity index (χ1v) is 8.69. The number of benzene rings is 1. The quantitative estimate of drug-likeness (QED) is 0.762. The first-order chi connectivity index (χ1) is 12.7. The van der Waals surface area contributed by atoms with Crippen LogP contribution in [0.25, 0.3) is 11.0 Å². The zero-order chi connectivity index (χ0) is 17.9. The van der Waals surface area contributed by atoms with Crippen LogP contribution < -0.4 is 10.6 Å². The summed E-state index contributed by atoms with van der Waals surface area (Å²) in [5.74, 6) is 1.36. The highest BCUT2D eigenvalue weighted by Crippen LogP contribution is 2.23. The summed E-state index contributed by atoms with van der Waals surface area (Å²) in [6, 6.07) is 13.1. The molecule has 0 atom stereocenters. The Morgan fingerprint density at radius 3 is 2.65 bits per heavy atom. The van der Waals surface area contributed by atoms with Crippen molar-refractivity contribution in [2.24, 2.45) is 0 Å². The summed E-state index contributed by atoms with van der Waals surface area (Å²) in [7, 11) is 0. The Morgan fingerprint density at radius 1 is 0.962 bits per heavy atom. The average molecular weight is 348 g/mol. The molecule has 2 N–H and O–H groups in total. The highest BCUT2D eigenvalue weighted by atomic mass is 16.2. The summed E-state index contributed by atoms with van der Waals surface area (Å²) < 4.78 is 0. The van der Waals surface area contributed by atoms with Crippen LogP contribution in [-0.4, -0.2) is 51.9 Å². The highest BCUT2D eigenvalue weighted by Gasteiger charge is 2.22. The monoisotopic (exact) mass is 348 g/mol. The molecule has 1 aromatic carbocycles. The largest absolute Gasteiger partial charge is 0.384 e. The van der Waals surface area contributed by atoms with Crippen LogP contribution in [0.4, 0.5) is 11.6 Å². The van der Waals surface area contributed by atoms with Gasteiger partial charge < -0.3 is 15.5 Å². The van der Waals surface area contributed by atoms with Crippen molar-refractivity contribution in [3.05, 3.63) is 54.4 Å². The molecule has 3 heterocycles. The summed E-state index contributed by atoms with van der Waals surface area (Å²) in [6.07, 6.45) is 2.40. The molecule has 0 aliphatic carbocycles. The summed E-state index contributed by atoms with van der Waals surface area (Å²) in [6.45, 7) is 2.93. The van der Waals surface area contributed by atoms with Crippen molar-refractivity contribution in [2.75, 3.05) is 36.8 Å². The minimum absolute atomic E-state index is 0.0782. The predicted octanol–water partition coefficient (Wildman–Crippen LogP) is 1.96. The molecule has 1 saturated heterocycles. The van der Waals surface area contributed by atoms with Gasteiger partial charge in [0.1, 0.15) is 18.0 Å². The summed E-state index contributed by atoms with van der Waals surface area (Å²) in [5.41, 5.74) is 7.08. The van der Waals surface area contributed by atoms with Crippen molar-refractivity contribution >= 4 is 28.6 Å². The maximum atomic E-state index is 12.7. The Morgan fingerprint density at radius 2 is 1.81 bits per heavy atom. The molecule has 132 valence electrons. The molecule has 0 spiro atoms. The SMILES string of the molecule is Nc1ccc2c(N3CCCN(C(=O)c4ccccc4)CC3)ncnc2n1. The average Bonchev–Trinajstić information content (AvgIpc) is 2.93. The first-order valence-electron chi connectivity index (χ1n) is 8.69. The summed E-state index contributed by atoms with van der Waals surface area (Å²) in [5, 5.41) is 0.879. The minimum Gasteiger partial charge on any atom is -0.384 e. The van der Waals surface area contributed by atoms with Gasteiger partial charge in [-0.1, -0.05) is 18.2 Å². The van der Waals surface area contributed by atoms with E-state index in [9.17, 15) is 4.79 Å². The van der Waals surface area contributed by atoms with Crippen molar-refractivity contribution in [1.29, 1.82) is 0 Å². The Balaban J connectivity index is 1.55. The topological polar surface area (TPSA) is 88.2 Å². The molecule has 0 radical (unpaired) electrons. The highest BCUT2D eigenvalue weighted by molar-refractivity contribution is 5.94. The smallest absolute Gasteiger partial charge is 0.253 e. The van der Waals surface area contributed by atoms with Gasteiger partial charge in [0.05, 0.1) is 5.39 Å². The summed E-state index contributed by atoms with van der Waals surface area (Å²) >= 11 is 0. The predicted molar refractivity (Wildman–Crippen MR) is 101 cm³/mol. The van der Waals surface area contributed by atoms with Crippen molar-refractivity contribution in [3.8, 4) is 0 Å². The van der Waals surface area contributed by atoms with Gasteiger partial charge in [-0.05, 0) is 30.7 Å². The number of nitrogens with two attached hydrogens (primary N) is 1. The fraction of sp³-hybridized carbons (Fsp3) is 0.263. The second-order valence-corrected chi connectivity index (χ2v) is 6.30. The number of hydrogen-bond acceptors (Lipinski definition) is 6. The van der Waals surface area contributed by atoms with Crippen LogP contribution in [0.2, 0.25) is 0 Å². The third kappa shape index (κ3) is 3.15. The second kappa shape index (κ2) is 6.95. The molecule has 0 saturated carbocycles. The molecule has 1 fully saturated rings. The van der Waals surface area contributed by atoms with Crippen LogP contribution in [0, 0.1) is 0 Å². The normalized spacial score (nSPS) is 15.1. The molecule has 7 heteroatoms. The van der Waals surface area contributed by atoms with Crippen molar-refractivity contribution in [3.63, 3.8) is 0 Å². The number of hydrogen-bond donors (Lipinski definition) is 1. The lowest BCUT2D eigenvalue weighted by molar-refractivity contribution is 0.0767. The van der Waals surface area contributed by atoms with E-state index in [1.165, 1.54) is 6.33 Å². The van der Waals surface area contributed by atoms with Crippen LogP contribution in [0.5, 0.6) is 0 Å². The number of carbonyl (C=O) groups excluding carboxylic acids is 1.